The van der Waals surface area contributed by atoms with Crippen LogP contribution >= 0.6 is 0 Å². The van der Waals surface area contributed by atoms with E-state index in [1.54, 1.807) is 12.4 Å². The van der Waals surface area contributed by atoms with E-state index < -0.39 is 0 Å². The predicted molar refractivity (Wildman–Crippen MR) is 107 cm³/mol. The molecule has 0 atom stereocenters. The van der Waals surface area contributed by atoms with Gasteiger partial charge in [-0.25, -0.2) is 0 Å². The van der Waals surface area contributed by atoms with Crippen LogP contribution in [0.4, 0.5) is 17.1 Å². The molecule has 5 nitrogen and oxygen atoms in total. The van der Waals surface area contributed by atoms with Crippen molar-refractivity contribution in [3.05, 3.63) is 97.9 Å². The van der Waals surface area contributed by atoms with Gasteiger partial charge in [-0.3, -0.25) is 4.98 Å². The van der Waals surface area contributed by atoms with Crippen LogP contribution in [-0.2, 0) is 20.1 Å². The molecule has 0 unspecified atom stereocenters. The summed E-state index contributed by atoms with van der Waals surface area (Å²) in [7, 11) is 2.06. The number of rotatable bonds is 2. The predicted octanol–water partition coefficient (Wildman–Crippen LogP) is 4.29. The first-order valence-electron chi connectivity index (χ1n) is 8.61. The monoisotopic (exact) mass is 545 g/mol. The molecule has 1 aliphatic heterocycles. The second kappa shape index (κ2) is 9.31. The molecular formula is C22H18IrN5. The van der Waals surface area contributed by atoms with Crippen molar-refractivity contribution in [1.29, 1.82) is 0 Å². The number of hydrogen-bond acceptors (Lipinski definition) is 4. The van der Waals surface area contributed by atoms with E-state index in [1.807, 2.05) is 42.5 Å². The number of benzene rings is 2. The molecule has 0 aliphatic carbocycles. The SMILES string of the molecule is CN1[CH-]N(c2[c-]cccc2)c2ccccc21.[Ir+3].c1ccc(-c2ccn[n-]2)nc1. The van der Waals surface area contributed by atoms with Crippen LogP contribution in [0, 0.1) is 12.7 Å². The van der Waals surface area contributed by atoms with E-state index in [1.165, 1.54) is 11.4 Å². The van der Waals surface area contributed by atoms with Crippen LogP contribution in [0.5, 0.6) is 0 Å². The summed E-state index contributed by atoms with van der Waals surface area (Å²) in [5.74, 6) is 0. The first-order valence-corrected chi connectivity index (χ1v) is 8.61. The molecule has 2 aromatic carbocycles. The zero-order chi connectivity index (χ0) is 18.5. The van der Waals surface area contributed by atoms with Gasteiger partial charge in [-0.2, -0.15) is 37.0 Å². The minimum atomic E-state index is 0. The van der Waals surface area contributed by atoms with E-state index in [2.05, 4.69) is 75.1 Å². The Bertz CT molecular complexity index is 974. The second-order valence-corrected chi connectivity index (χ2v) is 5.96. The van der Waals surface area contributed by atoms with Crippen molar-refractivity contribution in [1.82, 2.24) is 15.2 Å². The standard InChI is InChI=1S/C14H12N2.C8H6N3.Ir/c1-15-11-16(12-7-3-2-4-8-12)14-10-6-5-9-13(14)15;1-2-5-9-7(3-1)8-4-6-10-11-8;/h2-7,9-11H,1H3;1-6H;/q-2;-1;+3. The minimum Gasteiger partial charge on any atom is -0.574 e. The van der Waals surface area contributed by atoms with Crippen LogP contribution in [0.1, 0.15) is 0 Å². The van der Waals surface area contributed by atoms with E-state index in [4.69, 9.17) is 0 Å². The van der Waals surface area contributed by atoms with E-state index in [0.717, 1.165) is 17.1 Å². The molecule has 5 rings (SSSR count). The van der Waals surface area contributed by atoms with Crippen LogP contribution in [0.2, 0.25) is 0 Å². The van der Waals surface area contributed by atoms with Crippen molar-refractivity contribution in [2.24, 2.45) is 0 Å². The van der Waals surface area contributed by atoms with Crippen molar-refractivity contribution < 1.29 is 20.1 Å². The summed E-state index contributed by atoms with van der Waals surface area (Å²) in [6.07, 6.45) is 3.40. The van der Waals surface area contributed by atoms with Crippen LogP contribution < -0.4 is 14.9 Å². The molecule has 2 aromatic heterocycles. The smallest absolute Gasteiger partial charge is 0.574 e. The maximum Gasteiger partial charge on any atom is 3.00 e. The average Bonchev–Trinajstić information content (AvgIpc) is 3.39. The van der Waals surface area contributed by atoms with E-state index >= 15 is 0 Å². The van der Waals surface area contributed by atoms with Crippen LogP contribution in [0.15, 0.2) is 85.2 Å². The fourth-order valence-corrected chi connectivity index (χ4v) is 2.87. The zero-order valence-electron chi connectivity index (χ0n) is 15.2. The molecule has 3 heterocycles. The number of para-hydroxylation sites is 3. The van der Waals surface area contributed by atoms with Crippen LogP contribution in [-0.4, -0.2) is 17.1 Å². The van der Waals surface area contributed by atoms with Gasteiger partial charge in [0.15, 0.2) is 0 Å². The van der Waals surface area contributed by atoms with Gasteiger partial charge in [0.05, 0.1) is 0 Å². The summed E-state index contributed by atoms with van der Waals surface area (Å²) in [4.78, 5) is 8.39. The Balaban J connectivity index is 0.000000165. The van der Waals surface area contributed by atoms with Crippen molar-refractivity contribution in [3.63, 3.8) is 0 Å². The minimum absolute atomic E-state index is 0. The molecule has 6 heteroatoms. The Morgan fingerprint density at radius 2 is 1.68 bits per heavy atom. The molecule has 140 valence electrons. The molecule has 0 saturated carbocycles. The summed E-state index contributed by atoms with van der Waals surface area (Å²) < 4.78 is 0. The Morgan fingerprint density at radius 3 is 2.36 bits per heavy atom. The summed E-state index contributed by atoms with van der Waals surface area (Å²) >= 11 is 0. The molecule has 0 radical (unpaired) electrons. The van der Waals surface area contributed by atoms with Gasteiger partial charge in [0.1, 0.15) is 0 Å². The largest absolute Gasteiger partial charge is 3.00 e. The van der Waals surface area contributed by atoms with Gasteiger partial charge in [0, 0.05) is 29.5 Å². The maximum atomic E-state index is 4.12. The van der Waals surface area contributed by atoms with E-state index in [0.29, 0.717) is 0 Å². The summed E-state index contributed by atoms with van der Waals surface area (Å²) in [5, 5.41) is 7.58. The third-order valence-corrected chi connectivity index (χ3v) is 4.15. The molecule has 0 bridgehead atoms. The number of pyridine rings is 1. The van der Waals surface area contributed by atoms with E-state index in [-0.39, 0.29) is 20.1 Å². The molecule has 0 spiro atoms. The molecule has 0 amide bonds. The number of anilines is 3. The summed E-state index contributed by atoms with van der Waals surface area (Å²) in [6.45, 7) is 2.08. The van der Waals surface area contributed by atoms with Crippen molar-refractivity contribution >= 4 is 17.1 Å². The molecule has 0 saturated heterocycles. The normalized spacial score (nSPS) is 11.9. The Labute approximate surface area is 178 Å². The zero-order valence-corrected chi connectivity index (χ0v) is 17.6. The molecular weight excluding hydrogens is 526 g/mol. The van der Waals surface area contributed by atoms with Crippen LogP contribution in [0.3, 0.4) is 0 Å². The van der Waals surface area contributed by atoms with Crippen LogP contribution in [0.25, 0.3) is 11.4 Å². The van der Waals surface area contributed by atoms with Gasteiger partial charge in [-0.15, -0.1) is 5.69 Å². The fourth-order valence-electron chi connectivity index (χ4n) is 2.87. The molecule has 28 heavy (non-hydrogen) atoms. The van der Waals surface area contributed by atoms with Gasteiger partial charge in [-0.1, -0.05) is 30.0 Å². The van der Waals surface area contributed by atoms with E-state index in [9.17, 15) is 0 Å². The Morgan fingerprint density at radius 1 is 0.893 bits per heavy atom. The fraction of sp³-hybridized carbons (Fsp3) is 0.0455. The van der Waals surface area contributed by atoms with Gasteiger partial charge >= 0.3 is 20.1 Å². The molecule has 4 aromatic rings. The topological polar surface area (TPSA) is 46.4 Å². The number of fused-ring (bicyclic) bond motifs is 1. The first-order chi connectivity index (χ1) is 13.3. The number of aromatic nitrogens is 3. The number of nitrogens with zero attached hydrogens (tertiary/aromatic N) is 5. The van der Waals surface area contributed by atoms with Gasteiger partial charge < -0.3 is 20.0 Å². The quantitative estimate of drug-likeness (QED) is 0.353. The molecule has 1 aliphatic rings. The second-order valence-electron chi connectivity index (χ2n) is 5.96. The van der Waals surface area contributed by atoms with Crippen molar-refractivity contribution in [2.75, 3.05) is 16.8 Å². The van der Waals surface area contributed by atoms with Gasteiger partial charge in [-0.05, 0) is 31.3 Å². The number of hydrogen-bond donors (Lipinski definition) is 0. The molecule has 0 fully saturated rings. The maximum absolute atomic E-state index is 4.12. The first kappa shape index (κ1) is 19.8. The Hall–Kier alpha value is -2.95. The van der Waals surface area contributed by atoms with Gasteiger partial charge in [0.25, 0.3) is 0 Å². The molecule has 0 N–H and O–H groups in total. The average molecular weight is 545 g/mol. The summed E-state index contributed by atoms with van der Waals surface area (Å²) in [6, 6.07) is 27.1. The Kier molecular flexibility index (Phi) is 6.58. The van der Waals surface area contributed by atoms with Crippen molar-refractivity contribution in [2.45, 2.75) is 0 Å². The van der Waals surface area contributed by atoms with Gasteiger partial charge in [0.2, 0.25) is 0 Å². The third-order valence-electron chi connectivity index (χ3n) is 4.15. The third kappa shape index (κ3) is 4.30. The summed E-state index contributed by atoms with van der Waals surface area (Å²) in [5.41, 5.74) is 5.18. The van der Waals surface area contributed by atoms with Crippen molar-refractivity contribution in [3.8, 4) is 11.4 Å².